The van der Waals surface area contributed by atoms with Crippen LogP contribution in [0.15, 0.2) is 0 Å². The van der Waals surface area contributed by atoms with E-state index in [4.69, 9.17) is 0 Å². The lowest BCUT2D eigenvalue weighted by molar-refractivity contribution is 0.223. The molecule has 0 fully saturated rings. The molecule has 0 aromatic carbocycles. The third kappa shape index (κ3) is 7.24. The Morgan fingerprint density at radius 2 is 1.75 bits per heavy atom. The van der Waals surface area contributed by atoms with Crippen molar-refractivity contribution in [3.8, 4) is 0 Å². The average molecular weight is 228 g/mol. The molecule has 0 heterocycles. The van der Waals surface area contributed by atoms with Gasteiger partial charge in [0.1, 0.15) is 0 Å². The van der Waals surface area contributed by atoms with Crippen molar-refractivity contribution in [1.29, 1.82) is 0 Å². The van der Waals surface area contributed by atoms with Crippen LogP contribution in [0, 0.1) is 5.92 Å². The molecule has 0 rings (SSSR count). The van der Waals surface area contributed by atoms with Crippen molar-refractivity contribution < 1.29 is 0 Å². The van der Waals surface area contributed by atoms with Gasteiger partial charge in [-0.2, -0.15) is 0 Å². The summed E-state index contributed by atoms with van der Waals surface area (Å²) in [6, 6.07) is 0.650. The van der Waals surface area contributed by atoms with E-state index in [1.165, 1.54) is 38.9 Å². The van der Waals surface area contributed by atoms with Gasteiger partial charge in [-0.05, 0) is 38.4 Å². The fraction of sp³-hybridized carbons (Fsp3) is 1.00. The number of likely N-dealkylation sites (N-methyl/N-ethyl adjacent to an activating group) is 1. The summed E-state index contributed by atoms with van der Waals surface area (Å²) in [6.07, 6.45) is 3.85. The Bertz CT molecular complexity index is 146. The molecule has 0 aliphatic heterocycles. The molecule has 0 aromatic heterocycles. The molecule has 2 heteroatoms. The van der Waals surface area contributed by atoms with Crippen molar-refractivity contribution >= 4 is 0 Å². The highest BCUT2D eigenvalue weighted by Crippen LogP contribution is 2.05. The minimum Gasteiger partial charge on any atom is -0.312 e. The zero-order chi connectivity index (χ0) is 12.4. The van der Waals surface area contributed by atoms with Crippen LogP contribution in [0.4, 0.5) is 0 Å². The summed E-state index contributed by atoms with van der Waals surface area (Å²) in [5.41, 5.74) is 0. The zero-order valence-electron chi connectivity index (χ0n) is 12.1. The van der Waals surface area contributed by atoms with E-state index < -0.39 is 0 Å². The number of nitrogens with zero attached hydrogens (tertiary/aromatic N) is 1. The Kier molecular flexibility index (Phi) is 10.0. The predicted molar refractivity (Wildman–Crippen MR) is 73.9 cm³/mol. The number of rotatable bonds is 10. The van der Waals surface area contributed by atoms with Gasteiger partial charge in [-0.25, -0.2) is 0 Å². The first-order chi connectivity index (χ1) is 7.65. The molecule has 16 heavy (non-hydrogen) atoms. The number of hydrogen-bond donors (Lipinski definition) is 1. The summed E-state index contributed by atoms with van der Waals surface area (Å²) < 4.78 is 0. The first-order valence-corrected chi connectivity index (χ1v) is 7.11. The van der Waals surface area contributed by atoms with Crippen LogP contribution < -0.4 is 5.32 Å². The normalized spacial score (nSPS) is 13.7. The van der Waals surface area contributed by atoms with E-state index in [9.17, 15) is 0 Å². The molecule has 0 aromatic rings. The van der Waals surface area contributed by atoms with Gasteiger partial charge >= 0.3 is 0 Å². The molecule has 0 spiro atoms. The third-order valence-electron chi connectivity index (χ3n) is 3.19. The summed E-state index contributed by atoms with van der Waals surface area (Å²) in [6.45, 7) is 16.2. The molecule has 0 bridgehead atoms. The van der Waals surface area contributed by atoms with Crippen LogP contribution in [-0.2, 0) is 0 Å². The second-order valence-corrected chi connectivity index (χ2v) is 5.05. The van der Waals surface area contributed by atoms with Crippen LogP contribution in [0.25, 0.3) is 0 Å². The molecule has 0 radical (unpaired) electrons. The van der Waals surface area contributed by atoms with Crippen LogP contribution in [0.3, 0.4) is 0 Å². The van der Waals surface area contributed by atoms with Crippen LogP contribution in [0.5, 0.6) is 0 Å². The number of unbranched alkanes of at least 4 members (excludes halogenated alkanes) is 1. The molecular weight excluding hydrogens is 196 g/mol. The van der Waals surface area contributed by atoms with Crippen LogP contribution in [-0.4, -0.2) is 37.1 Å². The highest BCUT2D eigenvalue weighted by molar-refractivity contribution is 4.74. The highest BCUT2D eigenvalue weighted by atomic mass is 15.1. The van der Waals surface area contributed by atoms with Crippen molar-refractivity contribution in [2.75, 3.05) is 26.2 Å². The smallest absolute Gasteiger partial charge is 0.0217 e. The summed E-state index contributed by atoms with van der Waals surface area (Å²) in [4.78, 5) is 2.58. The molecule has 0 amide bonds. The quantitative estimate of drug-likeness (QED) is 0.618. The number of nitrogens with one attached hydrogen (secondary N) is 1. The van der Waals surface area contributed by atoms with Gasteiger partial charge in [0.15, 0.2) is 0 Å². The van der Waals surface area contributed by atoms with Gasteiger partial charge in [0.2, 0.25) is 0 Å². The standard InChI is InChI=1S/C14H32N2/c1-6-9-11-16(8-3)12-14(13(4)5)15-10-7-2/h13-15H,6-12H2,1-5H3. The summed E-state index contributed by atoms with van der Waals surface area (Å²) in [7, 11) is 0. The summed E-state index contributed by atoms with van der Waals surface area (Å²) in [5.74, 6) is 0.724. The molecule has 1 N–H and O–H groups in total. The van der Waals surface area contributed by atoms with E-state index in [-0.39, 0.29) is 0 Å². The lowest BCUT2D eigenvalue weighted by atomic mass is 10.0. The molecule has 0 saturated carbocycles. The van der Waals surface area contributed by atoms with Crippen molar-refractivity contribution in [3.05, 3.63) is 0 Å². The van der Waals surface area contributed by atoms with Gasteiger partial charge < -0.3 is 10.2 Å². The molecule has 1 atom stereocenters. The van der Waals surface area contributed by atoms with Gasteiger partial charge in [0, 0.05) is 12.6 Å². The van der Waals surface area contributed by atoms with Crippen molar-refractivity contribution in [3.63, 3.8) is 0 Å². The van der Waals surface area contributed by atoms with Gasteiger partial charge in [-0.3, -0.25) is 0 Å². The van der Waals surface area contributed by atoms with Crippen LogP contribution >= 0.6 is 0 Å². The van der Waals surface area contributed by atoms with E-state index in [1.54, 1.807) is 0 Å². The highest BCUT2D eigenvalue weighted by Gasteiger charge is 2.15. The molecule has 98 valence electrons. The molecule has 2 nitrogen and oxygen atoms in total. The monoisotopic (exact) mass is 228 g/mol. The Hall–Kier alpha value is -0.0800. The maximum Gasteiger partial charge on any atom is 0.0217 e. The largest absolute Gasteiger partial charge is 0.312 e. The first kappa shape index (κ1) is 15.9. The van der Waals surface area contributed by atoms with Crippen molar-refractivity contribution in [1.82, 2.24) is 10.2 Å². The predicted octanol–water partition coefficient (Wildman–Crippen LogP) is 3.13. The number of hydrogen-bond acceptors (Lipinski definition) is 2. The van der Waals surface area contributed by atoms with Crippen molar-refractivity contribution in [2.24, 2.45) is 5.92 Å². The van der Waals surface area contributed by atoms with E-state index in [2.05, 4.69) is 44.8 Å². The van der Waals surface area contributed by atoms with E-state index in [1.807, 2.05) is 0 Å². The Balaban J connectivity index is 4.01. The average Bonchev–Trinajstić information content (AvgIpc) is 2.28. The van der Waals surface area contributed by atoms with Gasteiger partial charge in [-0.15, -0.1) is 0 Å². The van der Waals surface area contributed by atoms with E-state index in [0.29, 0.717) is 6.04 Å². The van der Waals surface area contributed by atoms with Crippen molar-refractivity contribution in [2.45, 2.75) is 59.9 Å². The maximum absolute atomic E-state index is 3.67. The fourth-order valence-corrected chi connectivity index (χ4v) is 1.88. The molecule has 1 unspecified atom stereocenters. The van der Waals surface area contributed by atoms with Gasteiger partial charge in [0.05, 0.1) is 0 Å². The lowest BCUT2D eigenvalue weighted by Gasteiger charge is -2.29. The van der Waals surface area contributed by atoms with Crippen LogP contribution in [0.1, 0.15) is 53.9 Å². The summed E-state index contributed by atoms with van der Waals surface area (Å²) in [5, 5.41) is 3.67. The Labute approximate surface area is 103 Å². The van der Waals surface area contributed by atoms with E-state index in [0.717, 1.165) is 12.5 Å². The SMILES string of the molecule is CCCCN(CC)CC(NCCC)C(C)C. The second kappa shape index (κ2) is 10.1. The maximum atomic E-state index is 3.67. The van der Waals surface area contributed by atoms with Gasteiger partial charge in [-0.1, -0.05) is 41.0 Å². The minimum absolute atomic E-state index is 0.650. The topological polar surface area (TPSA) is 15.3 Å². The molecule has 0 saturated heterocycles. The third-order valence-corrected chi connectivity index (χ3v) is 3.19. The fourth-order valence-electron chi connectivity index (χ4n) is 1.88. The first-order valence-electron chi connectivity index (χ1n) is 7.11. The summed E-state index contributed by atoms with van der Waals surface area (Å²) >= 11 is 0. The molecular formula is C14H32N2. The Morgan fingerprint density at radius 3 is 2.19 bits per heavy atom. The molecule has 0 aliphatic rings. The minimum atomic E-state index is 0.650. The van der Waals surface area contributed by atoms with Gasteiger partial charge in [0.25, 0.3) is 0 Å². The Morgan fingerprint density at radius 1 is 1.06 bits per heavy atom. The zero-order valence-corrected chi connectivity index (χ0v) is 12.1. The second-order valence-electron chi connectivity index (χ2n) is 5.05. The van der Waals surface area contributed by atoms with E-state index >= 15 is 0 Å². The molecule has 0 aliphatic carbocycles. The lowest BCUT2D eigenvalue weighted by Crippen LogP contribution is -2.44. The van der Waals surface area contributed by atoms with Crippen LogP contribution in [0.2, 0.25) is 0 Å².